The molecule has 1 atom stereocenters. The fourth-order valence-corrected chi connectivity index (χ4v) is 3.37. The van der Waals surface area contributed by atoms with Crippen LogP contribution >= 0.6 is 12.4 Å². The van der Waals surface area contributed by atoms with Crippen molar-refractivity contribution in [2.45, 2.75) is 30.9 Å². The SMILES string of the molecule is COC1(C(=O)NC2CCN(c3ccccc3F)C2=O)CCNCC1.Cl. The largest absolute Gasteiger partial charge is 0.368 e. The van der Waals surface area contributed by atoms with Crippen molar-refractivity contribution >= 4 is 29.9 Å². The molecule has 0 bridgehead atoms. The molecule has 0 saturated carbocycles. The number of carbonyl (C=O) groups is 2. The maximum atomic E-state index is 13.9. The van der Waals surface area contributed by atoms with E-state index in [0.717, 1.165) is 0 Å². The first-order valence-electron chi connectivity index (χ1n) is 8.20. The Balaban J connectivity index is 0.00000225. The van der Waals surface area contributed by atoms with E-state index < -0.39 is 17.5 Å². The molecule has 2 saturated heterocycles. The zero-order valence-corrected chi connectivity index (χ0v) is 14.9. The highest BCUT2D eigenvalue weighted by Crippen LogP contribution is 2.26. The zero-order chi connectivity index (χ0) is 17.2. The van der Waals surface area contributed by atoms with Crippen LogP contribution in [0.5, 0.6) is 0 Å². The molecule has 0 radical (unpaired) electrons. The van der Waals surface area contributed by atoms with Gasteiger partial charge in [0, 0.05) is 13.7 Å². The summed E-state index contributed by atoms with van der Waals surface area (Å²) >= 11 is 0. The van der Waals surface area contributed by atoms with Gasteiger partial charge in [0.15, 0.2) is 0 Å². The van der Waals surface area contributed by atoms with Crippen LogP contribution in [0.15, 0.2) is 24.3 Å². The summed E-state index contributed by atoms with van der Waals surface area (Å²) < 4.78 is 19.4. The van der Waals surface area contributed by atoms with E-state index in [1.54, 1.807) is 18.2 Å². The van der Waals surface area contributed by atoms with Gasteiger partial charge in [-0.25, -0.2) is 4.39 Å². The lowest BCUT2D eigenvalue weighted by Crippen LogP contribution is -2.57. The molecular weight excluding hydrogens is 349 g/mol. The van der Waals surface area contributed by atoms with E-state index in [1.807, 2.05) is 0 Å². The Hall–Kier alpha value is -1.70. The van der Waals surface area contributed by atoms with Gasteiger partial charge in [0.05, 0.1) is 5.69 Å². The van der Waals surface area contributed by atoms with Gasteiger partial charge in [0.25, 0.3) is 5.91 Å². The molecule has 2 aliphatic rings. The van der Waals surface area contributed by atoms with Gasteiger partial charge in [0.2, 0.25) is 5.91 Å². The molecule has 1 aromatic carbocycles. The molecule has 2 heterocycles. The summed E-state index contributed by atoms with van der Waals surface area (Å²) in [5, 5.41) is 5.99. The third-order valence-electron chi connectivity index (χ3n) is 4.87. The smallest absolute Gasteiger partial charge is 0.252 e. The van der Waals surface area contributed by atoms with Gasteiger partial charge in [-0.2, -0.15) is 0 Å². The lowest BCUT2D eigenvalue weighted by molar-refractivity contribution is -0.148. The Morgan fingerprint density at radius 3 is 2.68 bits per heavy atom. The number of hydrogen-bond donors (Lipinski definition) is 2. The van der Waals surface area contributed by atoms with E-state index in [2.05, 4.69) is 10.6 Å². The Morgan fingerprint density at radius 1 is 1.36 bits per heavy atom. The number of carbonyl (C=O) groups excluding carboxylic acids is 2. The van der Waals surface area contributed by atoms with E-state index >= 15 is 0 Å². The highest BCUT2D eigenvalue weighted by Gasteiger charge is 2.43. The van der Waals surface area contributed by atoms with Gasteiger partial charge in [-0.3, -0.25) is 9.59 Å². The van der Waals surface area contributed by atoms with Crippen LogP contribution in [0, 0.1) is 5.82 Å². The van der Waals surface area contributed by atoms with Crippen LogP contribution in [0.2, 0.25) is 0 Å². The molecule has 0 aromatic heterocycles. The number of ether oxygens (including phenoxy) is 1. The summed E-state index contributed by atoms with van der Waals surface area (Å²) in [6, 6.07) is 5.52. The number of piperidine rings is 1. The second-order valence-corrected chi connectivity index (χ2v) is 6.20. The summed E-state index contributed by atoms with van der Waals surface area (Å²) in [5.74, 6) is -0.988. The van der Waals surface area contributed by atoms with Crippen LogP contribution in [0.3, 0.4) is 0 Å². The third kappa shape index (κ3) is 3.78. The number of hydrogen-bond acceptors (Lipinski definition) is 4. The normalized spacial score (nSPS) is 22.4. The van der Waals surface area contributed by atoms with Crippen molar-refractivity contribution in [3.63, 3.8) is 0 Å². The summed E-state index contributed by atoms with van der Waals surface area (Å²) in [6.45, 7) is 1.77. The molecule has 3 rings (SSSR count). The summed E-state index contributed by atoms with van der Waals surface area (Å²) in [4.78, 5) is 26.6. The molecule has 1 unspecified atom stereocenters. The van der Waals surface area contributed by atoms with E-state index in [9.17, 15) is 14.0 Å². The van der Waals surface area contributed by atoms with Crippen LogP contribution in [0.1, 0.15) is 19.3 Å². The van der Waals surface area contributed by atoms with Gasteiger partial charge in [-0.05, 0) is 44.5 Å². The minimum Gasteiger partial charge on any atom is -0.368 e. The lowest BCUT2D eigenvalue weighted by atomic mass is 9.90. The Kier molecular flexibility index (Phi) is 6.37. The predicted molar refractivity (Wildman–Crippen MR) is 94.4 cm³/mol. The first-order chi connectivity index (χ1) is 11.6. The summed E-state index contributed by atoms with van der Waals surface area (Å²) in [5.41, 5.74) is -0.640. The molecular formula is C17H23ClFN3O3. The highest BCUT2D eigenvalue weighted by molar-refractivity contribution is 6.02. The van der Waals surface area contributed by atoms with Gasteiger partial charge < -0.3 is 20.3 Å². The van der Waals surface area contributed by atoms with E-state index in [1.165, 1.54) is 18.1 Å². The van der Waals surface area contributed by atoms with Gasteiger partial charge in [-0.15, -0.1) is 12.4 Å². The van der Waals surface area contributed by atoms with E-state index in [0.29, 0.717) is 38.9 Å². The Morgan fingerprint density at radius 2 is 2.04 bits per heavy atom. The molecule has 8 heteroatoms. The predicted octanol–water partition coefficient (Wildman–Crippen LogP) is 1.24. The molecule has 0 spiro atoms. The molecule has 0 aliphatic carbocycles. The van der Waals surface area contributed by atoms with Crippen LogP contribution < -0.4 is 15.5 Å². The second-order valence-electron chi connectivity index (χ2n) is 6.20. The molecule has 138 valence electrons. The molecule has 2 N–H and O–H groups in total. The number of anilines is 1. The topological polar surface area (TPSA) is 70.7 Å². The van der Waals surface area contributed by atoms with Crippen molar-refractivity contribution in [3.05, 3.63) is 30.1 Å². The van der Waals surface area contributed by atoms with E-state index in [-0.39, 0.29) is 29.9 Å². The molecule has 2 amide bonds. The van der Waals surface area contributed by atoms with Gasteiger partial charge in [0.1, 0.15) is 17.5 Å². The fraction of sp³-hybridized carbons (Fsp3) is 0.529. The standard InChI is InChI=1S/C17H22FN3O3.ClH/c1-24-17(7-9-19-10-8-17)16(23)20-13-6-11-21(15(13)22)14-5-3-2-4-12(14)18;/h2-5,13,19H,6-11H2,1H3,(H,20,23);1H. The molecule has 2 fully saturated rings. The number of para-hydroxylation sites is 1. The highest BCUT2D eigenvalue weighted by atomic mass is 35.5. The Bertz CT molecular complexity index is 637. The minimum atomic E-state index is -0.892. The average molecular weight is 372 g/mol. The summed E-state index contributed by atoms with van der Waals surface area (Å²) in [7, 11) is 1.52. The Labute approximate surface area is 152 Å². The fourth-order valence-electron chi connectivity index (χ4n) is 3.37. The van der Waals surface area contributed by atoms with Crippen molar-refractivity contribution in [1.29, 1.82) is 0 Å². The number of amides is 2. The minimum absolute atomic E-state index is 0. The number of methoxy groups -OCH3 is 1. The van der Waals surface area contributed by atoms with Crippen LogP contribution in [0.4, 0.5) is 10.1 Å². The number of rotatable bonds is 4. The van der Waals surface area contributed by atoms with Crippen molar-refractivity contribution in [1.82, 2.24) is 10.6 Å². The monoisotopic (exact) mass is 371 g/mol. The van der Waals surface area contributed by atoms with Crippen molar-refractivity contribution < 1.29 is 18.7 Å². The van der Waals surface area contributed by atoms with Crippen molar-refractivity contribution in [2.24, 2.45) is 0 Å². The van der Waals surface area contributed by atoms with Crippen LogP contribution in [0.25, 0.3) is 0 Å². The molecule has 6 nitrogen and oxygen atoms in total. The molecule has 25 heavy (non-hydrogen) atoms. The van der Waals surface area contributed by atoms with Crippen molar-refractivity contribution in [3.8, 4) is 0 Å². The second kappa shape index (κ2) is 8.12. The summed E-state index contributed by atoms with van der Waals surface area (Å²) in [6.07, 6.45) is 1.58. The van der Waals surface area contributed by atoms with Crippen molar-refractivity contribution in [2.75, 3.05) is 31.6 Å². The number of nitrogens with zero attached hydrogens (tertiary/aromatic N) is 1. The molecule has 1 aromatic rings. The number of benzene rings is 1. The first-order valence-corrected chi connectivity index (χ1v) is 8.20. The maximum absolute atomic E-state index is 13.9. The quantitative estimate of drug-likeness (QED) is 0.835. The van der Waals surface area contributed by atoms with Crippen LogP contribution in [-0.4, -0.2) is 50.2 Å². The van der Waals surface area contributed by atoms with E-state index in [4.69, 9.17) is 4.74 Å². The zero-order valence-electron chi connectivity index (χ0n) is 14.1. The maximum Gasteiger partial charge on any atom is 0.252 e. The van der Waals surface area contributed by atoms with Crippen LogP contribution in [-0.2, 0) is 14.3 Å². The number of nitrogens with one attached hydrogen (secondary N) is 2. The third-order valence-corrected chi connectivity index (χ3v) is 4.87. The van der Waals surface area contributed by atoms with Gasteiger partial charge in [-0.1, -0.05) is 12.1 Å². The lowest BCUT2D eigenvalue weighted by Gasteiger charge is -2.35. The molecule has 2 aliphatic heterocycles. The first kappa shape index (κ1) is 19.6. The number of halogens is 2. The van der Waals surface area contributed by atoms with Gasteiger partial charge >= 0.3 is 0 Å². The average Bonchev–Trinajstić information content (AvgIpc) is 2.96.